The van der Waals surface area contributed by atoms with E-state index in [9.17, 15) is 0 Å². The Kier molecular flexibility index (Phi) is 4.69. The van der Waals surface area contributed by atoms with Crippen LogP contribution in [0.25, 0.3) is 11.0 Å². The first kappa shape index (κ1) is 16.7. The minimum absolute atomic E-state index is 0.253. The van der Waals surface area contributed by atoms with Gasteiger partial charge in [0.05, 0.1) is 5.71 Å². The molecular formula is C18H15Cl2NO3. The van der Waals surface area contributed by atoms with E-state index in [0.29, 0.717) is 32.8 Å². The molecule has 0 aliphatic rings. The van der Waals surface area contributed by atoms with Crippen LogP contribution < -0.4 is 4.74 Å². The van der Waals surface area contributed by atoms with Gasteiger partial charge in [-0.15, -0.1) is 0 Å². The van der Waals surface area contributed by atoms with Crippen molar-refractivity contribution in [2.24, 2.45) is 5.16 Å². The largest absolute Gasteiger partial charge is 0.489 e. The van der Waals surface area contributed by atoms with E-state index in [0.717, 1.165) is 16.5 Å². The highest BCUT2D eigenvalue weighted by molar-refractivity contribution is 6.35. The standard InChI is InChI=1S/C18H15Cl2NO3/c1-10(21-22)18-11(2)24-17-7-6-12(8-13(17)18)23-9-14-15(19)4-3-5-16(14)20/h3-8,22H,9H2,1-2H3/b21-10+. The van der Waals surface area contributed by atoms with Crippen LogP contribution in [0.2, 0.25) is 10.0 Å². The van der Waals surface area contributed by atoms with Crippen LogP contribution in [0, 0.1) is 6.92 Å². The predicted molar refractivity (Wildman–Crippen MR) is 95.7 cm³/mol. The average Bonchev–Trinajstić information content (AvgIpc) is 2.89. The molecule has 3 aromatic rings. The van der Waals surface area contributed by atoms with Crippen molar-refractivity contribution >= 4 is 39.9 Å². The van der Waals surface area contributed by atoms with E-state index >= 15 is 0 Å². The molecule has 2 aromatic carbocycles. The van der Waals surface area contributed by atoms with Gasteiger partial charge < -0.3 is 14.4 Å². The molecule has 0 radical (unpaired) electrons. The molecule has 3 rings (SSSR count). The minimum Gasteiger partial charge on any atom is -0.489 e. The Bertz CT molecular complexity index is 911. The summed E-state index contributed by atoms with van der Waals surface area (Å²) in [6, 6.07) is 10.8. The Balaban J connectivity index is 1.94. The van der Waals surface area contributed by atoms with Gasteiger partial charge in [0.25, 0.3) is 0 Å². The molecule has 1 aromatic heterocycles. The molecular weight excluding hydrogens is 349 g/mol. The smallest absolute Gasteiger partial charge is 0.135 e. The number of nitrogens with zero attached hydrogens (tertiary/aromatic N) is 1. The van der Waals surface area contributed by atoms with Gasteiger partial charge in [0.2, 0.25) is 0 Å². The van der Waals surface area contributed by atoms with Crippen molar-refractivity contribution in [2.45, 2.75) is 20.5 Å². The van der Waals surface area contributed by atoms with Crippen LogP contribution in [0.5, 0.6) is 5.75 Å². The first-order valence-corrected chi connectivity index (χ1v) is 8.04. The van der Waals surface area contributed by atoms with E-state index in [2.05, 4.69) is 5.16 Å². The van der Waals surface area contributed by atoms with E-state index in [1.165, 1.54) is 0 Å². The first-order valence-electron chi connectivity index (χ1n) is 7.29. The van der Waals surface area contributed by atoms with Crippen LogP contribution >= 0.6 is 23.2 Å². The molecule has 0 fully saturated rings. The summed E-state index contributed by atoms with van der Waals surface area (Å²) < 4.78 is 11.5. The van der Waals surface area contributed by atoms with Crippen molar-refractivity contribution < 1.29 is 14.4 Å². The fourth-order valence-electron chi connectivity index (χ4n) is 2.61. The van der Waals surface area contributed by atoms with Crippen LogP contribution in [0.15, 0.2) is 46.0 Å². The normalized spacial score (nSPS) is 11.9. The molecule has 1 heterocycles. The predicted octanol–water partition coefficient (Wildman–Crippen LogP) is 5.83. The van der Waals surface area contributed by atoms with Gasteiger partial charge in [-0.25, -0.2) is 0 Å². The Morgan fingerprint density at radius 3 is 2.58 bits per heavy atom. The molecule has 0 spiro atoms. The third-order valence-corrected chi connectivity index (χ3v) is 4.50. The summed E-state index contributed by atoms with van der Waals surface area (Å²) in [5.41, 5.74) is 2.68. The molecule has 0 unspecified atom stereocenters. The average molecular weight is 364 g/mol. The molecule has 6 heteroatoms. The number of furan rings is 1. The number of aryl methyl sites for hydroxylation is 1. The zero-order chi connectivity index (χ0) is 17.3. The van der Waals surface area contributed by atoms with E-state index in [-0.39, 0.29) is 6.61 Å². The van der Waals surface area contributed by atoms with Gasteiger partial charge >= 0.3 is 0 Å². The molecule has 0 aliphatic heterocycles. The molecule has 124 valence electrons. The summed E-state index contributed by atoms with van der Waals surface area (Å²) in [6.07, 6.45) is 0. The maximum Gasteiger partial charge on any atom is 0.135 e. The first-order chi connectivity index (χ1) is 11.5. The fourth-order valence-corrected chi connectivity index (χ4v) is 3.12. The van der Waals surface area contributed by atoms with Crippen LogP contribution in [0.3, 0.4) is 0 Å². The molecule has 1 N–H and O–H groups in total. The van der Waals surface area contributed by atoms with E-state index < -0.39 is 0 Å². The number of hydrogen-bond acceptors (Lipinski definition) is 4. The Morgan fingerprint density at radius 2 is 1.92 bits per heavy atom. The second-order valence-corrected chi connectivity index (χ2v) is 6.18. The molecule has 0 atom stereocenters. The number of rotatable bonds is 4. The number of hydrogen-bond donors (Lipinski definition) is 1. The summed E-state index contributed by atoms with van der Waals surface area (Å²) in [6.45, 7) is 3.80. The Hall–Kier alpha value is -2.17. The molecule has 0 aliphatic carbocycles. The Morgan fingerprint density at radius 1 is 1.21 bits per heavy atom. The number of benzene rings is 2. The topological polar surface area (TPSA) is 55.0 Å². The maximum absolute atomic E-state index is 9.06. The van der Waals surface area contributed by atoms with Crippen LogP contribution in [0.1, 0.15) is 23.8 Å². The third-order valence-electron chi connectivity index (χ3n) is 3.79. The van der Waals surface area contributed by atoms with Gasteiger partial charge in [0.15, 0.2) is 0 Å². The zero-order valence-electron chi connectivity index (χ0n) is 13.1. The molecule has 0 bridgehead atoms. The number of halogens is 2. The van der Waals surface area contributed by atoms with Crippen molar-refractivity contribution in [1.29, 1.82) is 0 Å². The lowest BCUT2D eigenvalue weighted by molar-refractivity contribution is 0.307. The summed E-state index contributed by atoms with van der Waals surface area (Å²) in [4.78, 5) is 0. The fraction of sp³-hybridized carbons (Fsp3) is 0.167. The molecule has 0 saturated heterocycles. The van der Waals surface area contributed by atoms with E-state index in [4.69, 9.17) is 37.6 Å². The van der Waals surface area contributed by atoms with Crippen molar-refractivity contribution in [2.75, 3.05) is 0 Å². The van der Waals surface area contributed by atoms with E-state index in [1.807, 2.05) is 25.1 Å². The second kappa shape index (κ2) is 6.75. The lowest BCUT2D eigenvalue weighted by atomic mass is 10.1. The second-order valence-electron chi connectivity index (χ2n) is 5.37. The van der Waals surface area contributed by atoms with Gasteiger partial charge in [-0.05, 0) is 44.2 Å². The quantitative estimate of drug-likeness (QED) is 0.360. The number of oxime groups is 1. The third kappa shape index (κ3) is 3.07. The molecule has 0 amide bonds. The lowest BCUT2D eigenvalue weighted by Gasteiger charge is -2.09. The van der Waals surface area contributed by atoms with Gasteiger partial charge in [0.1, 0.15) is 23.7 Å². The number of fused-ring (bicyclic) bond motifs is 1. The summed E-state index contributed by atoms with van der Waals surface area (Å²) in [7, 11) is 0. The zero-order valence-corrected chi connectivity index (χ0v) is 14.6. The summed E-state index contributed by atoms with van der Waals surface area (Å²) in [5.74, 6) is 1.33. The SMILES string of the molecule is C/C(=N\O)c1c(C)oc2ccc(OCc3c(Cl)cccc3Cl)cc12. The highest BCUT2D eigenvalue weighted by Gasteiger charge is 2.15. The van der Waals surface area contributed by atoms with E-state index in [1.54, 1.807) is 25.1 Å². The monoisotopic (exact) mass is 363 g/mol. The highest BCUT2D eigenvalue weighted by Crippen LogP contribution is 2.31. The lowest BCUT2D eigenvalue weighted by Crippen LogP contribution is -1.98. The maximum atomic E-state index is 9.06. The van der Waals surface area contributed by atoms with Gasteiger partial charge in [-0.1, -0.05) is 34.4 Å². The Labute approximate surface area is 149 Å². The minimum atomic E-state index is 0.253. The van der Waals surface area contributed by atoms with Crippen molar-refractivity contribution in [3.8, 4) is 5.75 Å². The van der Waals surface area contributed by atoms with Crippen molar-refractivity contribution in [3.63, 3.8) is 0 Å². The van der Waals surface area contributed by atoms with Gasteiger partial charge in [-0.3, -0.25) is 0 Å². The van der Waals surface area contributed by atoms with Crippen LogP contribution in [0.4, 0.5) is 0 Å². The summed E-state index contributed by atoms with van der Waals surface area (Å²) >= 11 is 12.3. The highest BCUT2D eigenvalue weighted by atomic mass is 35.5. The molecule has 24 heavy (non-hydrogen) atoms. The van der Waals surface area contributed by atoms with Crippen LogP contribution in [-0.4, -0.2) is 10.9 Å². The number of ether oxygens (including phenoxy) is 1. The van der Waals surface area contributed by atoms with Gasteiger partial charge in [-0.2, -0.15) is 0 Å². The summed E-state index contributed by atoms with van der Waals surface area (Å²) in [5, 5.41) is 14.3. The van der Waals surface area contributed by atoms with Gasteiger partial charge in [0, 0.05) is 26.6 Å². The van der Waals surface area contributed by atoms with Crippen molar-refractivity contribution in [3.05, 3.63) is 63.3 Å². The molecule has 0 saturated carbocycles. The van der Waals surface area contributed by atoms with Crippen LogP contribution in [-0.2, 0) is 6.61 Å². The molecule has 4 nitrogen and oxygen atoms in total. The van der Waals surface area contributed by atoms with Crippen molar-refractivity contribution in [1.82, 2.24) is 0 Å².